The predicted molar refractivity (Wildman–Crippen MR) is 81.7 cm³/mol. The van der Waals surface area contributed by atoms with Crippen LogP contribution in [0.1, 0.15) is 19.8 Å². The predicted octanol–water partition coefficient (Wildman–Crippen LogP) is 2.95. The van der Waals surface area contributed by atoms with Crippen molar-refractivity contribution in [2.45, 2.75) is 24.7 Å². The van der Waals surface area contributed by atoms with Gasteiger partial charge in [0.05, 0.1) is 11.6 Å². The minimum Gasteiger partial charge on any atom is -0.488 e. The lowest BCUT2D eigenvalue weighted by atomic mass is 10.3. The molecule has 0 aromatic heterocycles. The van der Waals surface area contributed by atoms with Crippen LogP contribution in [0.15, 0.2) is 21.5 Å². The molecule has 20 heavy (non-hydrogen) atoms. The zero-order valence-electron chi connectivity index (χ0n) is 11.1. The molecule has 0 amide bonds. The first-order valence-electron chi connectivity index (χ1n) is 6.08. The van der Waals surface area contributed by atoms with Crippen LogP contribution in [0.2, 0.25) is 5.02 Å². The second-order valence-corrected chi connectivity index (χ2v) is 6.93. The van der Waals surface area contributed by atoms with Gasteiger partial charge in [0.25, 0.3) is 0 Å². The van der Waals surface area contributed by atoms with Crippen LogP contribution in [-0.4, -0.2) is 28.2 Å². The molecule has 0 radical (unpaired) electrons. The number of hydrogen-bond acceptors (Lipinski definition) is 4. The van der Waals surface area contributed by atoms with E-state index < -0.39 is 10.0 Å². The van der Waals surface area contributed by atoms with Crippen LogP contribution in [-0.2, 0) is 14.8 Å². The maximum absolute atomic E-state index is 11.5. The Morgan fingerprint density at radius 2 is 2.00 bits per heavy atom. The average Bonchev–Trinajstić information content (AvgIpc) is 2.34. The average molecular weight is 387 g/mol. The van der Waals surface area contributed by atoms with Crippen LogP contribution in [0.5, 0.6) is 5.75 Å². The molecule has 0 aliphatic rings. The number of hydrogen-bond donors (Lipinski definition) is 1. The maximum Gasteiger partial charge on any atom is 0.241 e. The molecule has 2 N–H and O–H groups in total. The SMILES string of the molecule is CCCCOCCOc1c(Cl)cc(Br)cc1S(N)(=O)=O. The standard InChI is InChI=1S/C12H17BrClNO4S/c1-2-3-4-18-5-6-19-12-10(14)7-9(13)8-11(12)20(15,16)17/h7-8H,2-6H2,1H3,(H2,15,16,17). The van der Waals surface area contributed by atoms with Gasteiger partial charge < -0.3 is 9.47 Å². The number of sulfonamides is 1. The molecule has 0 unspecified atom stereocenters. The number of nitrogens with two attached hydrogens (primary N) is 1. The summed E-state index contributed by atoms with van der Waals surface area (Å²) in [6, 6.07) is 2.90. The van der Waals surface area contributed by atoms with E-state index in [1.807, 2.05) is 0 Å². The first-order chi connectivity index (χ1) is 9.36. The van der Waals surface area contributed by atoms with Crippen molar-refractivity contribution < 1.29 is 17.9 Å². The molecule has 1 aromatic carbocycles. The van der Waals surface area contributed by atoms with Crippen molar-refractivity contribution in [3.63, 3.8) is 0 Å². The summed E-state index contributed by atoms with van der Waals surface area (Å²) in [5.41, 5.74) is 0. The van der Waals surface area contributed by atoms with Gasteiger partial charge in [0.2, 0.25) is 10.0 Å². The highest BCUT2D eigenvalue weighted by Crippen LogP contribution is 2.34. The van der Waals surface area contributed by atoms with Gasteiger partial charge in [-0.05, 0) is 18.6 Å². The molecular formula is C12H17BrClNO4S. The van der Waals surface area contributed by atoms with Gasteiger partial charge in [0, 0.05) is 11.1 Å². The zero-order valence-corrected chi connectivity index (χ0v) is 14.2. The van der Waals surface area contributed by atoms with Crippen molar-refractivity contribution >= 4 is 37.6 Å². The molecule has 0 saturated carbocycles. The smallest absolute Gasteiger partial charge is 0.241 e. The van der Waals surface area contributed by atoms with Crippen LogP contribution < -0.4 is 9.88 Å². The molecule has 1 aromatic rings. The van der Waals surface area contributed by atoms with Crippen LogP contribution >= 0.6 is 27.5 Å². The fourth-order valence-corrected chi connectivity index (χ4v) is 3.23. The van der Waals surface area contributed by atoms with Crippen LogP contribution in [0, 0.1) is 0 Å². The Labute approximate surface area is 132 Å². The van der Waals surface area contributed by atoms with Gasteiger partial charge in [-0.2, -0.15) is 0 Å². The van der Waals surface area contributed by atoms with Crippen LogP contribution in [0.25, 0.3) is 0 Å². The Kier molecular flexibility index (Phi) is 7.25. The van der Waals surface area contributed by atoms with E-state index in [9.17, 15) is 8.42 Å². The largest absolute Gasteiger partial charge is 0.488 e. The maximum atomic E-state index is 11.5. The first-order valence-corrected chi connectivity index (χ1v) is 8.80. The van der Waals surface area contributed by atoms with Crippen molar-refractivity contribution in [2.24, 2.45) is 5.14 Å². The summed E-state index contributed by atoms with van der Waals surface area (Å²) in [6.45, 7) is 3.28. The highest BCUT2D eigenvalue weighted by Gasteiger charge is 2.19. The Morgan fingerprint density at radius 3 is 2.60 bits per heavy atom. The number of halogens is 2. The van der Waals surface area contributed by atoms with Crippen LogP contribution in [0.3, 0.4) is 0 Å². The van der Waals surface area contributed by atoms with Crippen molar-refractivity contribution in [1.29, 1.82) is 0 Å². The molecule has 0 fully saturated rings. The summed E-state index contributed by atoms with van der Waals surface area (Å²) in [5, 5.41) is 5.32. The van der Waals surface area contributed by atoms with E-state index in [4.69, 9.17) is 26.2 Å². The van der Waals surface area contributed by atoms with Gasteiger partial charge in [0.15, 0.2) is 5.75 Å². The molecule has 0 aliphatic heterocycles. The van der Waals surface area contributed by atoms with E-state index in [1.54, 1.807) is 6.07 Å². The van der Waals surface area contributed by atoms with Crippen molar-refractivity contribution in [3.8, 4) is 5.75 Å². The zero-order chi connectivity index (χ0) is 15.2. The third kappa shape index (κ3) is 5.57. The second-order valence-electron chi connectivity index (χ2n) is 4.07. The van der Waals surface area contributed by atoms with E-state index >= 15 is 0 Å². The molecular weight excluding hydrogens is 370 g/mol. The summed E-state index contributed by atoms with van der Waals surface area (Å²) in [4.78, 5) is -0.148. The molecule has 0 spiro atoms. The fraction of sp³-hybridized carbons (Fsp3) is 0.500. The molecule has 0 saturated heterocycles. The molecule has 0 atom stereocenters. The number of unbranched alkanes of at least 4 members (excludes halogenated alkanes) is 1. The van der Waals surface area contributed by atoms with Gasteiger partial charge in [-0.15, -0.1) is 0 Å². The van der Waals surface area contributed by atoms with Gasteiger partial charge in [-0.3, -0.25) is 0 Å². The Morgan fingerprint density at radius 1 is 1.30 bits per heavy atom. The van der Waals surface area contributed by atoms with E-state index in [0.29, 0.717) is 17.7 Å². The summed E-state index contributed by atoms with van der Waals surface area (Å²) < 4.78 is 34.3. The Bertz CT molecular complexity index is 551. The molecule has 5 nitrogen and oxygen atoms in total. The monoisotopic (exact) mass is 385 g/mol. The van der Waals surface area contributed by atoms with Crippen LogP contribution in [0.4, 0.5) is 0 Å². The molecule has 0 bridgehead atoms. The highest BCUT2D eigenvalue weighted by molar-refractivity contribution is 9.10. The normalized spacial score (nSPS) is 11.6. The highest BCUT2D eigenvalue weighted by atomic mass is 79.9. The number of ether oxygens (including phenoxy) is 2. The second kappa shape index (κ2) is 8.19. The van der Waals surface area contributed by atoms with E-state index in [-0.39, 0.29) is 22.3 Å². The Balaban J connectivity index is 2.74. The van der Waals surface area contributed by atoms with Crippen molar-refractivity contribution in [3.05, 3.63) is 21.6 Å². The molecule has 0 aliphatic carbocycles. The molecule has 114 valence electrons. The Hall–Kier alpha value is -0.340. The number of primary sulfonamides is 1. The molecule has 8 heteroatoms. The quantitative estimate of drug-likeness (QED) is 0.697. The summed E-state index contributed by atoms with van der Waals surface area (Å²) in [6.07, 6.45) is 2.02. The lowest BCUT2D eigenvalue weighted by Gasteiger charge is -2.12. The molecule has 0 heterocycles. The van der Waals surface area contributed by atoms with E-state index in [0.717, 1.165) is 12.8 Å². The fourth-order valence-electron chi connectivity index (χ4n) is 1.44. The minimum absolute atomic E-state index is 0.0523. The number of rotatable bonds is 8. The van der Waals surface area contributed by atoms with Gasteiger partial charge >= 0.3 is 0 Å². The third-order valence-electron chi connectivity index (χ3n) is 2.40. The third-order valence-corrected chi connectivity index (χ3v) is 4.05. The summed E-state index contributed by atoms with van der Waals surface area (Å²) in [7, 11) is -3.91. The van der Waals surface area contributed by atoms with Crippen molar-refractivity contribution in [2.75, 3.05) is 19.8 Å². The van der Waals surface area contributed by atoms with E-state index in [2.05, 4.69) is 22.9 Å². The summed E-state index contributed by atoms with van der Waals surface area (Å²) >= 11 is 9.15. The lowest BCUT2D eigenvalue weighted by Crippen LogP contribution is -2.16. The minimum atomic E-state index is -3.91. The topological polar surface area (TPSA) is 78.6 Å². The van der Waals surface area contributed by atoms with Crippen molar-refractivity contribution in [1.82, 2.24) is 0 Å². The molecule has 1 rings (SSSR count). The first kappa shape index (κ1) is 17.7. The van der Waals surface area contributed by atoms with E-state index in [1.165, 1.54) is 6.07 Å². The van der Waals surface area contributed by atoms with Gasteiger partial charge in [-0.25, -0.2) is 13.6 Å². The number of benzene rings is 1. The van der Waals surface area contributed by atoms with Gasteiger partial charge in [-0.1, -0.05) is 40.9 Å². The van der Waals surface area contributed by atoms with Gasteiger partial charge in [0.1, 0.15) is 11.5 Å². The lowest BCUT2D eigenvalue weighted by molar-refractivity contribution is 0.0971. The summed E-state index contributed by atoms with van der Waals surface area (Å²) in [5.74, 6) is 0.0523.